The second kappa shape index (κ2) is 9.99. The first-order chi connectivity index (χ1) is 16.3. The van der Waals surface area contributed by atoms with Crippen molar-refractivity contribution in [3.8, 4) is 22.6 Å². The average Bonchev–Trinajstić information content (AvgIpc) is 3.23. The molecule has 4 nitrogen and oxygen atoms in total. The molecule has 0 saturated heterocycles. The largest absolute Gasteiger partial charge is 0.487 e. The third kappa shape index (κ3) is 5.32. The van der Waals surface area contributed by atoms with Crippen molar-refractivity contribution in [3.63, 3.8) is 0 Å². The van der Waals surface area contributed by atoms with Crippen LogP contribution in [0.4, 0.5) is 18.9 Å². The quantitative estimate of drug-likeness (QED) is 0.277. The van der Waals surface area contributed by atoms with E-state index in [1.165, 1.54) is 12.1 Å². The molecule has 0 aliphatic heterocycles. The molecule has 0 fully saturated rings. The van der Waals surface area contributed by atoms with Gasteiger partial charge >= 0.3 is 6.18 Å². The fourth-order valence-electron chi connectivity index (χ4n) is 3.43. The summed E-state index contributed by atoms with van der Waals surface area (Å²) < 4.78 is 46.9. The molecular weight excluding hydrogens is 486 g/mol. The van der Waals surface area contributed by atoms with Crippen LogP contribution in [0.5, 0.6) is 5.75 Å². The summed E-state index contributed by atoms with van der Waals surface area (Å²) in [6, 6.07) is 20.9. The van der Waals surface area contributed by atoms with E-state index in [9.17, 15) is 13.2 Å². The number of nitrogens with one attached hydrogen (secondary N) is 1. The van der Waals surface area contributed by atoms with Crippen LogP contribution in [0.15, 0.2) is 72.8 Å². The van der Waals surface area contributed by atoms with Crippen molar-refractivity contribution in [2.24, 2.45) is 0 Å². The molecule has 4 aromatic rings. The Balaban J connectivity index is 1.56. The molecule has 176 valence electrons. The van der Waals surface area contributed by atoms with Crippen molar-refractivity contribution >= 4 is 28.9 Å². The predicted molar refractivity (Wildman–Crippen MR) is 129 cm³/mol. The normalized spacial score (nSPS) is 11.5. The fraction of sp³-hybridized carbons (Fsp3) is 0.160. The van der Waals surface area contributed by atoms with Gasteiger partial charge in [-0.1, -0.05) is 53.5 Å². The van der Waals surface area contributed by atoms with Crippen LogP contribution in [0.25, 0.3) is 16.8 Å². The zero-order valence-corrected chi connectivity index (χ0v) is 19.5. The summed E-state index contributed by atoms with van der Waals surface area (Å²) in [5, 5.41) is 7.30. The third-order valence-electron chi connectivity index (χ3n) is 5.06. The Labute approximate surface area is 204 Å². The van der Waals surface area contributed by atoms with E-state index in [1.54, 1.807) is 18.2 Å². The molecule has 0 unspecified atom stereocenters. The van der Waals surface area contributed by atoms with Crippen molar-refractivity contribution in [1.29, 1.82) is 0 Å². The molecule has 0 bridgehead atoms. The summed E-state index contributed by atoms with van der Waals surface area (Å²) in [5.74, 6) is 0.500. The molecule has 0 radical (unpaired) electrons. The summed E-state index contributed by atoms with van der Waals surface area (Å²) >= 11 is 12.4. The molecule has 0 amide bonds. The lowest BCUT2D eigenvalue weighted by atomic mass is 10.1. The topological polar surface area (TPSA) is 39.1 Å². The summed E-state index contributed by atoms with van der Waals surface area (Å²) in [4.78, 5) is 0. The van der Waals surface area contributed by atoms with Crippen LogP contribution in [0, 0.1) is 0 Å². The fourth-order valence-corrected chi connectivity index (χ4v) is 3.99. The first-order valence-corrected chi connectivity index (χ1v) is 11.2. The number of hydrogen-bond donors (Lipinski definition) is 1. The van der Waals surface area contributed by atoms with Crippen LogP contribution in [0.2, 0.25) is 10.0 Å². The smallest absolute Gasteiger partial charge is 0.435 e. The van der Waals surface area contributed by atoms with E-state index >= 15 is 0 Å². The maximum Gasteiger partial charge on any atom is 0.435 e. The zero-order valence-electron chi connectivity index (χ0n) is 18.0. The van der Waals surface area contributed by atoms with Gasteiger partial charge in [-0.05, 0) is 60.5 Å². The van der Waals surface area contributed by atoms with Crippen molar-refractivity contribution in [3.05, 3.63) is 94.2 Å². The second-order valence-electron chi connectivity index (χ2n) is 7.42. The van der Waals surface area contributed by atoms with E-state index in [4.69, 9.17) is 27.9 Å². The molecule has 0 spiro atoms. The zero-order chi connectivity index (χ0) is 24.3. The van der Waals surface area contributed by atoms with E-state index < -0.39 is 11.9 Å². The molecule has 0 aliphatic carbocycles. The molecule has 4 rings (SSSR count). The number of anilines is 1. The summed E-state index contributed by atoms with van der Waals surface area (Å²) in [5.41, 5.74) is 2.33. The van der Waals surface area contributed by atoms with Gasteiger partial charge in [-0.15, -0.1) is 0 Å². The van der Waals surface area contributed by atoms with Gasteiger partial charge in [0.05, 0.1) is 15.7 Å². The van der Waals surface area contributed by atoms with Gasteiger partial charge in [0.1, 0.15) is 18.0 Å². The van der Waals surface area contributed by atoms with Crippen molar-refractivity contribution in [1.82, 2.24) is 9.78 Å². The molecule has 9 heteroatoms. The van der Waals surface area contributed by atoms with Gasteiger partial charge in [0, 0.05) is 12.2 Å². The summed E-state index contributed by atoms with van der Waals surface area (Å²) in [7, 11) is 0. The first kappa shape index (κ1) is 24.0. The van der Waals surface area contributed by atoms with Gasteiger partial charge in [-0.3, -0.25) is 0 Å². The van der Waals surface area contributed by atoms with Gasteiger partial charge in [-0.25, -0.2) is 4.68 Å². The van der Waals surface area contributed by atoms with Gasteiger partial charge in [0.2, 0.25) is 0 Å². The van der Waals surface area contributed by atoms with E-state index in [0.717, 1.165) is 34.1 Å². The molecule has 0 aliphatic rings. The van der Waals surface area contributed by atoms with Crippen LogP contribution in [-0.2, 0) is 12.8 Å². The van der Waals surface area contributed by atoms with E-state index in [2.05, 4.69) is 10.4 Å². The molecule has 3 aromatic carbocycles. The Kier molecular flexibility index (Phi) is 7.05. The Morgan fingerprint density at radius 1 is 0.912 bits per heavy atom. The van der Waals surface area contributed by atoms with Crippen molar-refractivity contribution < 1.29 is 17.9 Å². The van der Waals surface area contributed by atoms with Gasteiger partial charge in [-0.2, -0.15) is 18.3 Å². The molecule has 34 heavy (non-hydrogen) atoms. The van der Waals surface area contributed by atoms with Crippen LogP contribution in [0.1, 0.15) is 18.3 Å². The SMILES string of the molecule is CCNc1ccc(-c2ccc(OCc3cc(C(F)(F)F)nn3-c3c(Cl)cccc3Cl)cc2)cc1. The minimum atomic E-state index is -4.63. The minimum absolute atomic E-state index is 0.158. The first-order valence-electron chi connectivity index (χ1n) is 10.4. The highest BCUT2D eigenvalue weighted by atomic mass is 35.5. The number of hydrogen-bond acceptors (Lipinski definition) is 3. The van der Waals surface area contributed by atoms with Crippen LogP contribution in [-0.4, -0.2) is 16.3 Å². The summed E-state index contributed by atoms with van der Waals surface area (Å²) in [6.07, 6.45) is -4.63. The Hall–Kier alpha value is -3.16. The molecule has 1 N–H and O–H groups in total. The van der Waals surface area contributed by atoms with Gasteiger partial charge in [0.15, 0.2) is 5.69 Å². The third-order valence-corrected chi connectivity index (χ3v) is 5.67. The lowest BCUT2D eigenvalue weighted by Crippen LogP contribution is -2.09. The van der Waals surface area contributed by atoms with E-state index in [-0.39, 0.29) is 28.0 Å². The average molecular weight is 506 g/mol. The molecule has 0 atom stereocenters. The lowest BCUT2D eigenvalue weighted by molar-refractivity contribution is -0.141. The number of aromatic nitrogens is 2. The number of alkyl halides is 3. The number of rotatable bonds is 7. The van der Waals surface area contributed by atoms with Crippen LogP contribution < -0.4 is 10.1 Å². The van der Waals surface area contributed by atoms with Gasteiger partial charge < -0.3 is 10.1 Å². The summed E-state index contributed by atoms with van der Waals surface area (Å²) in [6.45, 7) is 2.71. The van der Waals surface area contributed by atoms with E-state index in [1.807, 2.05) is 43.3 Å². The number of halogens is 5. The maximum atomic E-state index is 13.3. The lowest BCUT2D eigenvalue weighted by Gasteiger charge is -2.12. The monoisotopic (exact) mass is 505 g/mol. The molecule has 1 heterocycles. The molecule has 0 saturated carbocycles. The minimum Gasteiger partial charge on any atom is -0.487 e. The predicted octanol–water partition coefficient (Wildman–Crippen LogP) is 7.88. The maximum absolute atomic E-state index is 13.3. The number of nitrogens with zero attached hydrogens (tertiary/aromatic N) is 2. The second-order valence-corrected chi connectivity index (χ2v) is 8.24. The van der Waals surface area contributed by atoms with E-state index in [0.29, 0.717) is 5.75 Å². The molecule has 1 aromatic heterocycles. The van der Waals surface area contributed by atoms with Crippen molar-refractivity contribution in [2.75, 3.05) is 11.9 Å². The number of benzene rings is 3. The molecular formula is C25H20Cl2F3N3O. The Morgan fingerprint density at radius 3 is 2.06 bits per heavy atom. The Morgan fingerprint density at radius 2 is 1.50 bits per heavy atom. The Bertz CT molecular complexity index is 1250. The van der Waals surface area contributed by atoms with Crippen LogP contribution >= 0.6 is 23.2 Å². The van der Waals surface area contributed by atoms with Gasteiger partial charge in [0.25, 0.3) is 0 Å². The highest BCUT2D eigenvalue weighted by molar-refractivity contribution is 6.37. The van der Waals surface area contributed by atoms with Crippen molar-refractivity contribution in [2.45, 2.75) is 19.7 Å². The number of ether oxygens (including phenoxy) is 1. The number of para-hydroxylation sites is 1. The highest BCUT2D eigenvalue weighted by Gasteiger charge is 2.35. The standard InChI is InChI=1S/C25H20Cl2F3N3O/c1-2-31-18-10-6-16(7-11-18)17-8-12-20(13-9-17)34-15-19-14-23(25(28,29)30)32-33(19)24-21(26)4-3-5-22(24)27/h3-14,31H,2,15H2,1H3. The van der Waals surface area contributed by atoms with Crippen LogP contribution in [0.3, 0.4) is 0 Å². The highest BCUT2D eigenvalue weighted by Crippen LogP contribution is 2.34.